The van der Waals surface area contributed by atoms with Crippen molar-refractivity contribution in [3.63, 3.8) is 0 Å². The average Bonchev–Trinajstić information content (AvgIpc) is 3.60. The van der Waals surface area contributed by atoms with Gasteiger partial charge in [0, 0.05) is 42.8 Å². The molecule has 7 nitrogen and oxygen atoms in total. The van der Waals surface area contributed by atoms with E-state index in [0.29, 0.717) is 47.3 Å². The smallest absolute Gasteiger partial charge is 0.182 e. The Morgan fingerprint density at radius 1 is 0.943 bits per heavy atom. The number of fused-ring (bicyclic) bond motifs is 1. The minimum Gasteiger partial charge on any atom is -0.372 e. The van der Waals surface area contributed by atoms with Crippen molar-refractivity contribution < 1.29 is 13.5 Å². The second kappa shape index (κ2) is 8.41. The van der Waals surface area contributed by atoms with Crippen molar-refractivity contribution in [1.82, 2.24) is 29.7 Å². The lowest BCUT2D eigenvalue weighted by atomic mass is 9.92. The van der Waals surface area contributed by atoms with E-state index < -0.39 is 11.6 Å². The third-order valence-corrected chi connectivity index (χ3v) is 7.06. The maximum absolute atomic E-state index is 14.8. The first kappa shape index (κ1) is 22.2. The van der Waals surface area contributed by atoms with Crippen LogP contribution in [-0.2, 0) is 11.8 Å². The molecule has 0 spiro atoms. The summed E-state index contributed by atoms with van der Waals surface area (Å²) in [6, 6.07) is 5.64. The Kier molecular flexibility index (Phi) is 5.32. The van der Waals surface area contributed by atoms with E-state index in [4.69, 9.17) is 19.8 Å². The first-order chi connectivity index (χ1) is 16.9. The van der Waals surface area contributed by atoms with Crippen LogP contribution in [-0.4, -0.2) is 36.3 Å². The number of nitrogens with zero attached hydrogens (tertiary/aromatic N) is 6. The van der Waals surface area contributed by atoms with E-state index in [2.05, 4.69) is 16.0 Å². The summed E-state index contributed by atoms with van der Waals surface area (Å²) in [5.41, 5.74) is 4.97. The number of rotatable bonds is 4. The molecule has 1 aliphatic heterocycles. The van der Waals surface area contributed by atoms with Crippen LogP contribution in [0.3, 0.4) is 0 Å². The topological polar surface area (TPSA) is 78.6 Å². The fourth-order valence-corrected chi connectivity index (χ4v) is 4.84. The van der Waals surface area contributed by atoms with Gasteiger partial charge in [-0.15, -0.1) is 0 Å². The molecule has 4 heterocycles. The van der Waals surface area contributed by atoms with Gasteiger partial charge in [-0.25, -0.2) is 28.7 Å². The second-order valence-corrected chi connectivity index (χ2v) is 9.59. The molecule has 1 saturated heterocycles. The molecule has 0 unspecified atom stereocenters. The molecule has 0 radical (unpaired) electrons. The van der Waals surface area contributed by atoms with Crippen molar-refractivity contribution >= 4 is 11.2 Å². The van der Waals surface area contributed by atoms with Crippen molar-refractivity contribution in [3.05, 3.63) is 64.5 Å². The van der Waals surface area contributed by atoms with Crippen LogP contribution in [0.5, 0.6) is 0 Å². The van der Waals surface area contributed by atoms with E-state index in [1.54, 1.807) is 0 Å². The summed E-state index contributed by atoms with van der Waals surface area (Å²) >= 11 is 0. The Bertz CT molecular complexity index is 1450. The molecule has 2 aliphatic rings. The molecule has 35 heavy (non-hydrogen) atoms. The molecule has 1 aromatic carbocycles. The molecule has 2 fully saturated rings. The first-order valence-electron chi connectivity index (χ1n) is 12.0. The molecule has 3 aromatic heterocycles. The first-order valence-corrected chi connectivity index (χ1v) is 12.0. The van der Waals surface area contributed by atoms with E-state index in [0.717, 1.165) is 23.9 Å². The number of hydrogen-bond acceptors (Lipinski definition) is 6. The minimum absolute atomic E-state index is 0.0183. The zero-order valence-corrected chi connectivity index (χ0v) is 19.9. The summed E-state index contributed by atoms with van der Waals surface area (Å²) in [6.45, 7) is 4.25. The largest absolute Gasteiger partial charge is 0.372 e. The number of aromatic nitrogens is 6. The van der Waals surface area contributed by atoms with Crippen LogP contribution >= 0.6 is 0 Å². The molecule has 1 saturated carbocycles. The van der Waals surface area contributed by atoms with Crippen molar-refractivity contribution in [2.24, 2.45) is 7.05 Å². The van der Waals surface area contributed by atoms with E-state index in [-0.39, 0.29) is 17.6 Å². The molecule has 6 rings (SSSR count). The van der Waals surface area contributed by atoms with Gasteiger partial charge in [-0.05, 0) is 57.7 Å². The summed E-state index contributed by atoms with van der Waals surface area (Å²) < 4.78 is 36.5. The van der Waals surface area contributed by atoms with Gasteiger partial charge >= 0.3 is 0 Å². The predicted molar refractivity (Wildman–Crippen MR) is 126 cm³/mol. The summed E-state index contributed by atoms with van der Waals surface area (Å²) in [4.78, 5) is 18.8. The van der Waals surface area contributed by atoms with Gasteiger partial charge in [0.15, 0.2) is 5.65 Å². The molecular formula is C26H26F2N6O. The van der Waals surface area contributed by atoms with Gasteiger partial charge < -0.3 is 4.74 Å². The molecule has 4 aromatic rings. The highest BCUT2D eigenvalue weighted by atomic mass is 19.1. The third-order valence-electron chi connectivity index (χ3n) is 7.06. The monoisotopic (exact) mass is 476 g/mol. The number of benzene rings is 1. The van der Waals surface area contributed by atoms with Crippen LogP contribution in [0.4, 0.5) is 8.78 Å². The van der Waals surface area contributed by atoms with E-state index in [1.165, 1.54) is 30.7 Å². The lowest BCUT2D eigenvalue weighted by Crippen LogP contribution is -2.21. The zero-order valence-electron chi connectivity index (χ0n) is 19.9. The zero-order chi connectivity index (χ0) is 24.3. The molecule has 180 valence electrons. The van der Waals surface area contributed by atoms with Gasteiger partial charge in [0.05, 0.1) is 17.1 Å². The van der Waals surface area contributed by atoms with Crippen LogP contribution in [0, 0.1) is 25.5 Å². The van der Waals surface area contributed by atoms with Crippen LogP contribution in [0.2, 0.25) is 0 Å². The summed E-state index contributed by atoms with van der Waals surface area (Å²) in [5, 5.41) is 4.72. The molecular weight excluding hydrogens is 450 g/mol. The van der Waals surface area contributed by atoms with Crippen molar-refractivity contribution in [1.29, 1.82) is 0 Å². The van der Waals surface area contributed by atoms with Gasteiger partial charge in [-0.2, -0.15) is 5.10 Å². The Hall–Kier alpha value is -3.33. The van der Waals surface area contributed by atoms with Gasteiger partial charge in [0.2, 0.25) is 0 Å². The van der Waals surface area contributed by atoms with Crippen molar-refractivity contribution in [2.45, 2.75) is 57.5 Å². The lowest BCUT2D eigenvalue weighted by molar-refractivity contribution is 0.00120. The minimum atomic E-state index is -0.693. The van der Waals surface area contributed by atoms with Crippen molar-refractivity contribution in [2.75, 3.05) is 6.61 Å². The highest BCUT2D eigenvalue weighted by Crippen LogP contribution is 2.42. The number of ether oxygens (including phenoxy) is 1. The molecule has 0 amide bonds. The van der Waals surface area contributed by atoms with Crippen LogP contribution in [0.15, 0.2) is 24.3 Å². The number of aryl methyl sites for hydroxylation is 3. The molecule has 2 atom stereocenters. The van der Waals surface area contributed by atoms with Gasteiger partial charge in [0.25, 0.3) is 0 Å². The SMILES string of the molecule is Cc1nc2nc([C@@H]3CCO[C@H](c4cc(C5CC5)n(C)n4)C3)nc(-c3ccc(F)cc3F)c2nc1C. The number of halogens is 2. The van der Waals surface area contributed by atoms with E-state index in [9.17, 15) is 8.78 Å². The molecule has 1 aliphatic carbocycles. The fourth-order valence-electron chi connectivity index (χ4n) is 4.84. The standard InChI is InChI=1S/C26H26F2N6O/c1-13-14(2)30-26-24(29-13)23(18-7-6-17(27)11-19(18)28)31-25(32-26)16-8-9-35-22(10-16)20-12-21(15-4-5-15)34(3)33-20/h6-7,11-12,15-16,22H,4-5,8-10H2,1-3H3/t16-,22+/m1/s1. The van der Waals surface area contributed by atoms with Gasteiger partial charge in [0.1, 0.15) is 34.8 Å². The quantitative estimate of drug-likeness (QED) is 0.401. The molecule has 9 heteroatoms. The van der Waals surface area contributed by atoms with Crippen LogP contribution < -0.4 is 0 Å². The molecule has 0 N–H and O–H groups in total. The Morgan fingerprint density at radius 3 is 2.51 bits per heavy atom. The Morgan fingerprint density at radius 2 is 1.74 bits per heavy atom. The maximum Gasteiger partial charge on any atom is 0.182 e. The highest BCUT2D eigenvalue weighted by molar-refractivity contribution is 5.87. The summed E-state index contributed by atoms with van der Waals surface area (Å²) in [5.74, 6) is -0.184. The second-order valence-electron chi connectivity index (χ2n) is 9.59. The molecule has 0 bridgehead atoms. The van der Waals surface area contributed by atoms with E-state index in [1.807, 2.05) is 25.6 Å². The van der Waals surface area contributed by atoms with Crippen molar-refractivity contribution in [3.8, 4) is 11.3 Å². The fraction of sp³-hybridized carbons (Fsp3) is 0.423. The average molecular weight is 477 g/mol. The normalized spacial score (nSPS) is 20.5. The maximum atomic E-state index is 14.8. The van der Waals surface area contributed by atoms with Gasteiger partial charge in [-0.3, -0.25) is 4.68 Å². The number of hydrogen-bond donors (Lipinski definition) is 0. The van der Waals surface area contributed by atoms with Gasteiger partial charge in [-0.1, -0.05) is 0 Å². The summed E-state index contributed by atoms with van der Waals surface area (Å²) in [6.07, 6.45) is 3.65. The van der Waals surface area contributed by atoms with Crippen LogP contribution in [0.25, 0.3) is 22.4 Å². The lowest BCUT2D eigenvalue weighted by Gasteiger charge is -2.28. The summed E-state index contributed by atoms with van der Waals surface area (Å²) in [7, 11) is 1.98. The van der Waals surface area contributed by atoms with E-state index >= 15 is 0 Å². The Labute approximate surface area is 201 Å². The predicted octanol–water partition coefficient (Wildman–Crippen LogP) is 5.23. The van der Waals surface area contributed by atoms with Crippen LogP contribution in [0.1, 0.15) is 72.2 Å². The Balaban J connectivity index is 1.41. The third kappa shape index (κ3) is 4.07. The highest BCUT2D eigenvalue weighted by Gasteiger charge is 2.33.